The van der Waals surface area contributed by atoms with Gasteiger partial charge in [-0.05, 0) is 38.0 Å². The highest BCUT2D eigenvalue weighted by Crippen LogP contribution is 2.23. The third-order valence-corrected chi connectivity index (χ3v) is 4.75. The van der Waals surface area contributed by atoms with Crippen LogP contribution >= 0.6 is 0 Å². The van der Waals surface area contributed by atoms with Crippen molar-refractivity contribution in [3.63, 3.8) is 0 Å². The maximum atomic E-state index is 12.9. The summed E-state index contributed by atoms with van der Waals surface area (Å²) >= 11 is 0. The number of fused-ring (bicyclic) bond motifs is 1. The molecule has 0 saturated carbocycles. The van der Waals surface area contributed by atoms with E-state index in [0.717, 1.165) is 6.42 Å². The van der Waals surface area contributed by atoms with Crippen molar-refractivity contribution in [2.75, 3.05) is 12.3 Å². The summed E-state index contributed by atoms with van der Waals surface area (Å²) in [6.45, 7) is 2.27. The summed E-state index contributed by atoms with van der Waals surface area (Å²) in [6.07, 6.45) is 2.96. The molecule has 138 valence electrons. The number of nitrogen functional groups attached to an aromatic ring is 1. The monoisotopic (exact) mass is 365 g/mol. The van der Waals surface area contributed by atoms with Crippen LogP contribution in [0.15, 0.2) is 30.5 Å². The van der Waals surface area contributed by atoms with Gasteiger partial charge >= 0.3 is 0 Å². The van der Waals surface area contributed by atoms with E-state index in [4.69, 9.17) is 11.5 Å². The van der Waals surface area contributed by atoms with Gasteiger partial charge in [0.15, 0.2) is 5.65 Å². The lowest BCUT2D eigenvalue weighted by Crippen LogP contribution is -2.43. The molecule has 4 N–H and O–H groups in total. The number of hydrogen-bond donors (Lipinski definition) is 2. The van der Waals surface area contributed by atoms with Gasteiger partial charge in [0.2, 0.25) is 5.91 Å². The number of anilines is 1. The van der Waals surface area contributed by atoms with Crippen LogP contribution in [0.4, 0.5) is 5.82 Å². The fourth-order valence-corrected chi connectivity index (χ4v) is 3.47. The number of hydrogen-bond acceptors (Lipinski definition) is 6. The number of likely N-dealkylation sites (tertiary alicyclic amines) is 1. The quantitative estimate of drug-likeness (QED) is 0.705. The minimum atomic E-state index is -0.554. The Hall–Kier alpha value is -3.49. The fourth-order valence-electron chi connectivity index (χ4n) is 3.47. The molecule has 9 heteroatoms. The predicted molar refractivity (Wildman–Crippen MR) is 99.1 cm³/mol. The van der Waals surface area contributed by atoms with Crippen molar-refractivity contribution in [2.45, 2.75) is 25.8 Å². The molecule has 0 unspecified atom stereocenters. The van der Waals surface area contributed by atoms with Crippen LogP contribution in [-0.4, -0.2) is 49.0 Å². The molecule has 1 aliphatic rings. The van der Waals surface area contributed by atoms with Crippen molar-refractivity contribution in [3.05, 3.63) is 41.9 Å². The number of primary amides is 1. The lowest BCUT2D eigenvalue weighted by atomic mass is 10.1. The molecule has 1 aliphatic heterocycles. The summed E-state index contributed by atoms with van der Waals surface area (Å²) in [4.78, 5) is 34.6. The summed E-state index contributed by atoms with van der Waals surface area (Å²) in [7, 11) is 0. The predicted octanol–water partition coefficient (Wildman–Crippen LogP) is 0.796. The molecule has 2 aromatic heterocycles. The standard InChI is InChI=1S/C18H19N7O2/c1-10-22-15(19)13-9-21-25(17(13)23-10)12-5-2-4-11(8-12)18(27)24-7-3-6-14(24)16(20)26/h2,4-5,8-9,14H,3,6-7H2,1H3,(H2,20,26)(H2,19,22,23)/t14-/m1/s1. The number of benzene rings is 1. The summed E-state index contributed by atoms with van der Waals surface area (Å²) in [5.41, 5.74) is 13.1. The minimum absolute atomic E-state index is 0.222. The molecule has 27 heavy (non-hydrogen) atoms. The number of aromatic nitrogens is 4. The van der Waals surface area contributed by atoms with E-state index < -0.39 is 11.9 Å². The first-order valence-corrected chi connectivity index (χ1v) is 8.64. The Bertz CT molecular complexity index is 1060. The van der Waals surface area contributed by atoms with Crippen molar-refractivity contribution < 1.29 is 9.59 Å². The molecule has 1 fully saturated rings. The highest BCUT2D eigenvalue weighted by atomic mass is 16.2. The highest BCUT2D eigenvalue weighted by molar-refractivity contribution is 5.98. The second-order valence-electron chi connectivity index (χ2n) is 6.56. The zero-order valence-corrected chi connectivity index (χ0v) is 14.8. The van der Waals surface area contributed by atoms with Crippen LogP contribution in [-0.2, 0) is 4.79 Å². The molecular weight excluding hydrogens is 346 g/mol. The van der Waals surface area contributed by atoms with Gasteiger partial charge in [-0.1, -0.05) is 6.07 Å². The molecule has 1 atom stereocenters. The van der Waals surface area contributed by atoms with Gasteiger partial charge in [-0.15, -0.1) is 0 Å². The van der Waals surface area contributed by atoms with Crippen LogP contribution in [0.25, 0.3) is 16.7 Å². The van der Waals surface area contributed by atoms with Gasteiger partial charge in [-0.25, -0.2) is 14.6 Å². The van der Waals surface area contributed by atoms with Gasteiger partial charge in [0.05, 0.1) is 17.3 Å². The van der Waals surface area contributed by atoms with Gasteiger partial charge in [0, 0.05) is 12.1 Å². The molecular formula is C18H19N7O2. The van der Waals surface area contributed by atoms with Crippen LogP contribution < -0.4 is 11.5 Å². The van der Waals surface area contributed by atoms with Crippen molar-refractivity contribution >= 4 is 28.7 Å². The Labute approximate surface area is 155 Å². The maximum Gasteiger partial charge on any atom is 0.254 e. The topological polar surface area (TPSA) is 133 Å². The van der Waals surface area contributed by atoms with Crippen molar-refractivity contribution in [1.29, 1.82) is 0 Å². The Morgan fingerprint density at radius 2 is 2.07 bits per heavy atom. The summed E-state index contributed by atoms with van der Waals surface area (Å²) < 4.78 is 1.62. The Morgan fingerprint density at radius 1 is 1.26 bits per heavy atom. The number of rotatable bonds is 3. The first-order chi connectivity index (χ1) is 13.0. The van der Waals surface area contributed by atoms with E-state index >= 15 is 0 Å². The molecule has 3 aromatic rings. The maximum absolute atomic E-state index is 12.9. The summed E-state index contributed by atoms with van der Waals surface area (Å²) in [5, 5.41) is 4.99. The van der Waals surface area contributed by atoms with Crippen LogP contribution in [0.3, 0.4) is 0 Å². The Balaban J connectivity index is 1.73. The SMILES string of the molecule is Cc1nc(N)c2cnn(-c3cccc(C(=O)N4CCC[C@@H]4C(N)=O)c3)c2n1. The second kappa shape index (κ2) is 6.35. The van der Waals surface area contributed by atoms with Crippen molar-refractivity contribution in [3.8, 4) is 5.69 Å². The van der Waals surface area contributed by atoms with E-state index in [1.165, 1.54) is 4.90 Å². The highest BCUT2D eigenvalue weighted by Gasteiger charge is 2.33. The van der Waals surface area contributed by atoms with E-state index in [0.29, 0.717) is 46.9 Å². The molecule has 4 rings (SSSR count). The number of carbonyl (C=O) groups excluding carboxylic acids is 2. The third-order valence-electron chi connectivity index (χ3n) is 4.75. The van der Waals surface area contributed by atoms with Gasteiger partial charge < -0.3 is 16.4 Å². The van der Waals surface area contributed by atoms with E-state index in [2.05, 4.69) is 15.1 Å². The van der Waals surface area contributed by atoms with E-state index in [1.54, 1.807) is 36.0 Å². The third kappa shape index (κ3) is 2.86. The summed E-state index contributed by atoms with van der Waals surface area (Å²) in [6, 6.07) is 6.47. The smallest absolute Gasteiger partial charge is 0.254 e. The lowest BCUT2D eigenvalue weighted by molar-refractivity contribution is -0.121. The largest absolute Gasteiger partial charge is 0.383 e. The molecule has 0 spiro atoms. The number of aryl methyl sites for hydroxylation is 1. The zero-order valence-electron chi connectivity index (χ0n) is 14.8. The van der Waals surface area contributed by atoms with E-state index in [-0.39, 0.29) is 5.91 Å². The average Bonchev–Trinajstić information content (AvgIpc) is 3.28. The molecule has 0 aliphatic carbocycles. The van der Waals surface area contributed by atoms with Gasteiger partial charge in [-0.2, -0.15) is 5.10 Å². The average molecular weight is 365 g/mol. The number of carbonyl (C=O) groups is 2. The summed E-state index contributed by atoms with van der Waals surface area (Å²) in [5.74, 6) is 0.199. The molecule has 9 nitrogen and oxygen atoms in total. The molecule has 0 bridgehead atoms. The van der Waals surface area contributed by atoms with Crippen LogP contribution in [0.1, 0.15) is 29.0 Å². The number of nitrogens with zero attached hydrogens (tertiary/aromatic N) is 5. The van der Waals surface area contributed by atoms with Crippen LogP contribution in [0.2, 0.25) is 0 Å². The van der Waals surface area contributed by atoms with E-state index in [9.17, 15) is 9.59 Å². The molecule has 0 radical (unpaired) electrons. The van der Waals surface area contributed by atoms with Gasteiger partial charge in [0.25, 0.3) is 5.91 Å². The van der Waals surface area contributed by atoms with Crippen LogP contribution in [0, 0.1) is 6.92 Å². The van der Waals surface area contributed by atoms with E-state index in [1.807, 2.05) is 6.07 Å². The fraction of sp³-hybridized carbons (Fsp3) is 0.278. The second-order valence-corrected chi connectivity index (χ2v) is 6.56. The Morgan fingerprint density at radius 3 is 2.85 bits per heavy atom. The Kier molecular flexibility index (Phi) is 3.98. The van der Waals surface area contributed by atoms with Gasteiger partial charge in [0.1, 0.15) is 17.7 Å². The molecule has 2 amide bonds. The number of amides is 2. The first-order valence-electron chi connectivity index (χ1n) is 8.64. The number of nitrogens with two attached hydrogens (primary N) is 2. The lowest BCUT2D eigenvalue weighted by Gasteiger charge is -2.22. The minimum Gasteiger partial charge on any atom is -0.383 e. The van der Waals surface area contributed by atoms with Crippen molar-refractivity contribution in [2.24, 2.45) is 5.73 Å². The molecule has 3 heterocycles. The first kappa shape index (κ1) is 17.0. The van der Waals surface area contributed by atoms with Crippen LogP contribution in [0.5, 0.6) is 0 Å². The molecule has 1 aromatic carbocycles. The normalized spacial score (nSPS) is 16.8. The molecule has 1 saturated heterocycles. The van der Waals surface area contributed by atoms with Crippen molar-refractivity contribution in [1.82, 2.24) is 24.6 Å². The van der Waals surface area contributed by atoms with Gasteiger partial charge in [-0.3, -0.25) is 9.59 Å². The zero-order chi connectivity index (χ0) is 19.1.